The van der Waals surface area contributed by atoms with Gasteiger partial charge < -0.3 is 25.3 Å². The van der Waals surface area contributed by atoms with E-state index in [1.165, 1.54) is 0 Å². The fourth-order valence-corrected chi connectivity index (χ4v) is 5.61. The number of alkyl carbamates (subject to hydrolysis) is 1. The highest BCUT2D eigenvalue weighted by Gasteiger charge is 2.39. The predicted octanol–water partition coefficient (Wildman–Crippen LogP) is 5.09. The number of para-hydroxylation sites is 1. The van der Waals surface area contributed by atoms with Crippen molar-refractivity contribution in [1.82, 2.24) is 25.5 Å². The first-order valence-electron chi connectivity index (χ1n) is 14.8. The number of rotatable bonds is 9. The van der Waals surface area contributed by atoms with Crippen molar-refractivity contribution in [1.29, 1.82) is 0 Å². The number of ether oxygens (including phenoxy) is 1. The predicted molar refractivity (Wildman–Crippen MR) is 165 cm³/mol. The van der Waals surface area contributed by atoms with Crippen LogP contribution in [-0.2, 0) is 27.2 Å². The van der Waals surface area contributed by atoms with Gasteiger partial charge in [0, 0.05) is 48.4 Å². The Hall–Kier alpha value is -4.66. The largest absolute Gasteiger partial charge is 0.444 e. The van der Waals surface area contributed by atoms with Crippen LogP contribution in [-0.4, -0.2) is 57.0 Å². The van der Waals surface area contributed by atoms with Crippen LogP contribution in [0.3, 0.4) is 0 Å². The van der Waals surface area contributed by atoms with Crippen LogP contribution in [0.5, 0.6) is 0 Å². The number of fused-ring (bicyclic) bond motifs is 1. The van der Waals surface area contributed by atoms with Crippen molar-refractivity contribution in [3.05, 3.63) is 102 Å². The maximum atomic E-state index is 14.1. The summed E-state index contributed by atoms with van der Waals surface area (Å²) in [5, 5.41) is 6.98. The van der Waals surface area contributed by atoms with E-state index >= 15 is 0 Å². The van der Waals surface area contributed by atoms with Crippen LogP contribution < -0.4 is 10.6 Å². The molecule has 3 amide bonds. The second-order valence-corrected chi connectivity index (χ2v) is 11.9. The van der Waals surface area contributed by atoms with Crippen molar-refractivity contribution >= 4 is 28.8 Å². The standard InChI is InChI=1S/C34H39N5O4/c1-34(2,3)43-33(42)38-29(20-24-22-36-27-16-8-7-15-26(24)27)32(41)39-19-11-17-30(39)31(40)37-28(23-12-5-4-6-13-23)21-25-14-9-10-18-35-25/h4-10,12-16,18,22,28-30,36H,11,17,19-21H2,1-3H3,(H,37,40)(H,38,42). The summed E-state index contributed by atoms with van der Waals surface area (Å²) in [6.45, 7) is 5.75. The Morgan fingerprint density at radius 2 is 1.72 bits per heavy atom. The number of amides is 3. The van der Waals surface area contributed by atoms with Crippen LogP contribution in [0.2, 0.25) is 0 Å². The number of benzene rings is 2. The Labute approximate surface area is 252 Å². The molecule has 2 aromatic carbocycles. The second kappa shape index (κ2) is 13.1. The Morgan fingerprint density at radius 1 is 0.977 bits per heavy atom. The molecule has 5 rings (SSSR count). The first kappa shape index (κ1) is 29.8. The van der Waals surface area contributed by atoms with Crippen LogP contribution in [0.15, 0.2) is 85.2 Å². The third kappa shape index (κ3) is 7.60. The number of carbonyl (C=O) groups is 3. The van der Waals surface area contributed by atoms with Gasteiger partial charge >= 0.3 is 6.09 Å². The molecule has 3 heterocycles. The number of nitrogens with one attached hydrogen (secondary N) is 3. The number of hydrogen-bond acceptors (Lipinski definition) is 5. The van der Waals surface area contributed by atoms with Gasteiger partial charge in [-0.1, -0.05) is 54.6 Å². The zero-order valence-electron chi connectivity index (χ0n) is 24.9. The fourth-order valence-electron chi connectivity index (χ4n) is 5.61. The van der Waals surface area contributed by atoms with E-state index in [1.54, 1.807) is 31.9 Å². The Balaban J connectivity index is 1.36. The summed E-state index contributed by atoms with van der Waals surface area (Å²) in [5.41, 5.74) is 2.93. The van der Waals surface area contributed by atoms with Gasteiger partial charge in [0.15, 0.2) is 0 Å². The minimum absolute atomic E-state index is 0.223. The van der Waals surface area contributed by atoms with E-state index < -0.39 is 23.8 Å². The lowest BCUT2D eigenvalue weighted by Crippen LogP contribution is -2.55. The minimum atomic E-state index is -0.916. The third-order valence-corrected chi connectivity index (χ3v) is 7.58. The highest BCUT2D eigenvalue weighted by Crippen LogP contribution is 2.25. The van der Waals surface area contributed by atoms with E-state index in [4.69, 9.17) is 4.74 Å². The minimum Gasteiger partial charge on any atom is -0.444 e. The summed E-state index contributed by atoms with van der Waals surface area (Å²) in [6, 6.07) is 21.4. The summed E-state index contributed by atoms with van der Waals surface area (Å²) in [4.78, 5) is 50.1. The van der Waals surface area contributed by atoms with Crippen molar-refractivity contribution in [3.8, 4) is 0 Å². The summed E-state index contributed by atoms with van der Waals surface area (Å²) >= 11 is 0. The monoisotopic (exact) mass is 581 g/mol. The normalized spacial score (nSPS) is 16.4. The average Bonchev–Trinajstić information content (AvgIpc) is 3.64. The van der Waals surface area contributed by atoms with Crippen molar-refractivity contribution in [2.75, 3.05) is 6.54 Å². The highest BCUT2D eigenvalue weighted by molar-refractivity contribution is 5.93. The molecular formula is C34H39N5O4. The van der Waals surface area contributed by atoms with E-state index in [2.05, 4.69) is 20.6 Å². The molecular weight excluding hydrogens is 542 g/mol. The van der Waals surface area contributed by atoms with E-state index in [0.29, 0.717) is 25.8 Å². The second-order valence-electron chi connectivity index (χ2n) is 11.9. The van der Waals surface area contributed by atoms with Gasteiger partial charge in [0.2, 0.25) is 11.8 Å². The number of likely N-dealkylation sites (tertiary alicyclic amines) is 1. The maximum absolute atomic E-state index is 14.1. The first-order chi connectivity index (χ1) is 20.7. The van der Waals surface area contributed by atoms with Gasteiger partial charge in [-0.2, -0.15) is 0 Å². The van der Waals surface area contributed by atoms with Gasteiger partial charge in [-0.05, 0) is 62.9 Å². The van der Waals surface area contributed by atoms with Crippen LogP contribution in [0.1, 0.15) is 56.5 Å². The number of aromatic nitrogens is 2. The number of nitrogens with zero attached hydrogens (tertiary/aromatic N) is 2. The first-order valence-corrected chi connectivity index (χ1v) is 14.8. The number of H-pyrrole nitrogens is 1. The molecule has 9 nitrogen and oxygen atoms in total. The zero-order valence-corrected chi connectivity index (χ0v) is 24.9. The molecule has 3 atom stereocenters. The molecule has 0 aliphatic carbocycles. The molecule has 1 fully saturated rings. The van der Waals surface area contributed by atoms with Gasteiger partial charge in [-0.3, -0.25) is 14.6 Å². The number of carbonyl (C=O) groups excluding carboxylic acids is 3. The fraction of sp³-hybridized carbons (Fsp3) is 0.353. The van der Waals surface area contributed by atoms with Crippen LogP contribution >= 0.6 is 0 Å². The molecule has 3 unspecified atom stereocenters. The molecule has 3 N–H and O–H groups in total. The van der Waals surface area contributed by atoms with Crippen LogP contribution in [0, 0.1) is 0 Å². The number of pyridine rings is 1. The van der Waals surface area contributed by atoms with Gasteiger partial charge in [0.25, 0.3) is 0 Å². The molecule has 1 saturated heterocycles. The smallest absolute Gasteiger partial charge is 0.408 e. The topological polar surface area (TPSA) is 116 Å². The zero-order chi connectivity index (χ0) is 30.4. The molecule has 1 aliphatic rings. The lowest BCUT2D eigenvalue weighted by molar-refractivity contribution is -0.140. The summed E-state index contributed by atoms with van der Waals surface area (Å²) < 4.78 is 5.51. The quantitative estimate of drug-likeness (QED) is 0.255. The molecule has 0 spiro atoms. The molecule has 43 heavy (non-hydrogen) atoms. The van der Waals surface area contributed by atoms with Crippen molar-refractivity contribution in [2.45, 2.75) is 70.2 Å². The Morgan fingerprint density at radius 3 is 2.47 bits per heavy atom. The molecule has 0 bridgehead atoms. The van der Waals surface area contributed by atoms with E-state index in [-0.39, 0.29) is 24.3 Å². The Bertz CT molecular complexity index is 1550. The number of aromatic amines is 1. The van der Waals surface area contributed by atoms with Crippen molar-refractivity contribution < 1.29 is 19.1 Å². The van der Waals surface area contributed by atoms with Gasteiger partial charge in [-0.25, -0.2) is 4.79 Å². The van der Waals surface area contributed by atoms with Gasteiger partial charge in [-0.15, -0.1) is 0 Å². The molecule has 224 valence electrons. The summed E-state index contributed by atoms with van der Waals surface area (Å²) in [7, 11) is 0. The SMILES string of the molecule is CC(C)(C)OC(=O)NC(Cc1c[nH]c2ccccc12)C(=O)N1CCCC1C(=O)NC(Cc1ccccn1)c1ccccc1. The molecule has 2 aromatic heterocycles. The Kier molecular flexibility index (Phi) is 9.09. The lowest BCUT2D eigenvalue weighted by atomic mass is 10.0. The molecule has 1 aliphatic heterocycles. The molecule has 0 saturated carbocycles. The van der Waals surface area contributed by atoms with Crippen molar-refractivity contribution in [3.63, 3.8) is 0 Å². The van der Waals surface area contributed by atoms with E-state index in [1.807, 2.05) is 79.0 Å². The van der Waals surface area contributed by atoms with E-state index in [0.717, 1.165) is 27.7 Å². The highest BCUT2D eigenvalue weighted by atomic mass is 16.6. The molecule has 9 heteroatoms. The van der Waals surface area contributed by atoms with Crippen LogP contribution in [0.25, 0.3) is 10.9 Å². The van der Waals surface area contributed by atoms with Crippen molar-refractivity contribution in [2.24, 2.45) is 0 Å². The molecule has 0 radical (unpaired) electrons. The van der Waals surface area contributed by atoms with E-state index in [9.17, 15) is 14.4 Å². The summed E-state index contributed by atoms with van der Waals surface area (Å²) in [5.74, 6) is -0.534. The summed E-state index contributed by atoms with van der Waals surface area (Å²) in [6.07, 6.45) is 4.91. The lowest BCUT2D eigenvalue weighted by Gasteiger charge is -2.30. The maximum Gasteiger partial charge on any atom is 0.408 e. The van der Waals surface area contributed by atoms with Crippen LogP contribution in [0.4, 0.5) is 4.79 Å². The third-order valence-electron chi connectivity index (χ3n) is 7.58. The van der Waals surface area contributed by atoms with Gasteiger partial charge in [0.1, 0.15) is 17.7 Å². The average molecular weight is 582 g/mol. The van der Waals surface area contributed by atoms with Gasteiger partial charge in [0.05, 0.1) is 6.04 Å². The number of hydrogen-bond donors (Lipinski definition) is 3. The molecule has 4 aromatic rings.